The van der Waals surface area contributed by atoms with Crippen LogP contribution >= 0.6 is 11.8 Å². The Kier molecular flexibility index (Phi) is 4.17. The minimum atomic E-state index is -0.496. The van der Waals surface area contributed by atoms with Gasteiger partial charge in [-0.2, -0.15) is 0 Å². The van der Waals surface area contributed by atoms with Gasteiger partial charge in [-0.3, -0.25) is 0 Å². The molecule has 1 heterocycles. The van der Waals surface area contributed by atoms with E-state index in [2.05, 4.69) is 4.98 Å². The molecule has 0 spiro atoms. The second kappa shape index (κ2) is 5.84. The first-order chi connectivity index (χ1) is 8.72. The summed E-state index contributed by atoms with van der Waals surface area (Å²) >= 11 is 1.63. The number of aromatic nitrogens is 1. The molecule has 0 unspecified atom stereocenters. The minimum Gasteiger partial charge on any atom is -0.439 e. The van der Waals surface area contributed by atoms with Crippen LogP contribution in [0.5, 0.6) is 11.6 Å². The predicted molar refractivity (Wildman–Crippen MR) is 68.4 cm³/mol. The fourth-order valence-electron chi connectivity index (χ4n) is 1.43. The Morgan fingerprint density at radius 2 is 2.06 bits per heavy atom. The van der Waals surface area contributed by atoms with Gasteiger partial charge >= 0.3 is 0 Å². The van der Waals surface area contributed by atoms with E-state index in [-0.39, 0.29) is 12.5 Å². The maximum Gasteiger partial charge on any atom is 0.224 e. The van der Waals surface area contributed by atoms with Crippen LogP contribution in [0.4, 0.5) is 4.39 Å². The second-order valence-electron chi connectivity index (χ2n) is 3.55. The number of nitrogens with zero attached hydrogens (tertiary/aromatic N) is 1. The van der Waals surface area contributed by atoms with Gasteiger partial charge in [0.2, 0.25) is 5.88 Å². The number of ether oxygens (including phenoxy) is 1. The first-order valence-corrected chi connectivity index (χ1v) is 6.52. The topological polar surface area (TPSA) is 42.4 Å². The van der Waals surface area contributed by atoms with Crippen LogP contribution in [-0.2, 0) is 6.61 Å². The Morgan fingerprint density at radius 3 is 2.67 bits per heavy atom. The number of hydrogen-bond donors (Lipinski definition) is 1. The number of aliphatic hydroxyl groups excluding tert-OH is 1. The third-order valence-corrected chi connectivity index (χ3v) is 3.08. The van der Waals surface area contributed by atoms with Gasteiger partial charge in [0.25, 0.3) is 0 Å². The molecular weight excluding hydrogens is 253 g/mol. The summed E-state index contributed by atoms with van der Waals surface area (Å²) in [6.07, 6.45) is 3.05. The molecule has 2 rings (SSSR count). The largest absolute Gasteiger partial charge is 0.439 e. The van der Waals surface area contributed by atoms with E-state index >= 15 is 0 Å². The molecule has 1 aromatic heterocycles. The summed E-state index contributed by atoms with van der Waals surface area (Å²) in [5.41, 5.74) is 0.323. The fourth-order valence-corrected chi connectivity index (χ4v) is 1.84. The number of pyridine rings is 1. The van der Waals surface area contributed by atoms with Crippen molar-refractivity contribution in [2.75, 3.05) is 6.26 Å². The van der Waals surface area contributed by atoms with Crippen molar-refractivity contribution < 1.29 is 14.2 Å². The van der Waals surface area contributed by atoms with Crippen molar-refractivity contribution in [3.63, 3.8) is 0 Å². The van der Waals surface area contributed by atoms with E-state index in [1.165, 1.54) is 6.07 Å². The first-order valence-electron chi connectivity index (χ1n) is 5.30. The van der Waals surface area contributed by atoms with E-state index in [0.29, 0.717) is 11.3 Å². The van der Waals surface area contributed by atoms with E-state index in [1.807, 2.05) is 18.4 Å². The van der Waals surface area contributed by atoms with Crippen LogP contribution in [0.15, 0.2) is 41.4 Å². The molecule has 18 heavy (non-hydrogen) atoms. The average Bonchev–Trinajstić information content (AvgIpc) is 2.41. The highest BCUT2D eigenvalue weighted by Gasteiger charge is 2.07. The molecule has 1 N–H and O–H groups in total. The lowest BCUT2D eigenvalue weighted by Gasteiger charge is -2.08. The minimum absolute atomic E-state index is 0.218. The van der Waals surface area contributed by atoms with Gasteiger partial charge in [-0.25, -0.2) is 9.37 Å². The van der Waals surface area contributed by atoms with Gasteiger partial charge in [0.1, 0.15) is 11.6 Å². The van der Waals surface area contributed by atoms with Crippen molar-refractivity contribution in [2.24, 2.45) is 0 Å². The van der Waals surface area contributed by atoms with Gasteiger partial charge < -0.3 is 9.84 Å². The van der Waals surface area contributed by atoms with Crippen LogP contribution in [0.3, 0.4) is 0 Å². The Morgan fingerprint density at radius 1 is 1.33 bits per heavy atom. The maximum absolute atomic E-state index is 12.9. The summed E-state index contributed by atoms with van der Waals surface area (Å²) < 4.78 is 18.4. The molecular formula is C13H12FNO2S. The van der Waals surface area contributed by atoms with E-state index in [1.54, 1.807) is 23.9 Å². The molecule has 0 fully saturated rings. The van der Waals surface area contributed by atoms with Crippen molar-refractivity contribution in [3.05, 3.63) is 47.9 Å². The third-order valence-electron chi connectivity index (χ3n) is 2.34. The van der Waals surface area contributed by atoms with Crippen molar-refractivity contribution >= 4 is 11.8 Å². The highest BCUT2D eigenvalue weighted by molar-refractivity contribution is 7.98. The molecule has 1 aromatic carbocycles. The molecule has 2 aromatic rings. The Labute approximate surface area is 109 Å². The van der Waals surface area contributed by atoms with Crippen molar-refractivity contribution in [2.45, 2.75) is 11.5 Å². The van der Waals surface area contributed by atoms with Gasteiger partial charge in [0, 0.05) is 10.5 Å². The number of rotatable bonds is 4. The van der Waals surface area contributed by atoms with Gasteiger partial charge in [0.05, 0.1) is 12.8 Å². The van der Waals surface area contributed by atoms with Crippen molar-refractivity contribution in [1.29, 1.82) is 0 Å². The SMILES string of the molecule is CSc1ccc(Oc2ncc(F)cc2CO)cc1. The van der Waals surface area contributed by atoms with Crippen LogP contribution in [0.1, 0.15) is 5.56 Å². The number of hydrogen-bond acceptors (Lipinski definition) is 4. The molecule has 3 nitrogen and oxygen atoms in total. The highest BCUT2D eigenvalue weighted by atomic mass is 32.2. The highest BCUT2D eigenvalue weighted by Crippen LogP contribution is 2.25. The Balaban J connectivity index is 2.22. The van der Waals surface area contributed by atoms with E-state index in [4.69, 9.17) is 9.84 Å². The molecule has 94 valence electrons. The van der Waals surface area contributed by atoms with Gasteiger partial charge in [0.15, 0.2) is 0 Å². The average molecular weight is 265 g/mol. The summed E-state index contributed by atoms with van der Waals surface area (Å²) in [7, 11) is 0. The zero-order valence-corrected chi connectivity index (χ0v) is 10.6. The summed E-state index contributed by atoms with van der Waals surface area (Å²) in [4.78, 5) is 4.95. The van der Waals surface area contributed by atoms with E-state index in [9.17, 15) is 4.39 Å². The standard InChI is InChI=1S/C13H12FNO2S/c1-18-12-4-2-11(3-5-12)17-13-9(8-16)6-10(14)7-15-13/h2-7,16H,8H2,1H3. The molecule has 0 radical (unpaired) electrons. The smallest absolute Gasteiger partial charge is 0.224 e. The number of benzene rings is 1. The zero-order valence-electron chi connectivity index (χ0n) is 9.76. The number of aliphatic hydroxyl groups is 1. The lowest BCUT2D eigenvalue weighted by atomic mass is 10.3. The third kappa shape index (κ3) is 3.00. The molecule has 0 atom stereocenters. The molecule has 5 heteroatoms. The molecule has 0 amide bonds. The molecule has 0 bridgehead atoms. The first kappa shape index (κ1) is 12.9. The lowest BCUT2D eigenvalue weighted by Crippen LogP contribution is -1.96. The fraction of sp³-hybridized carbons (Fsp3) is 0.154. The lowest BCUT2D eigenvalue weighted by molar-refractivity contribution is 0.274. The van der Waals surface area contributed by atoms with Crippen LogP contribution in [0, 0.1) is 5.82 Å². The molecule has 0 aliphatic rings. The van der Waals surface area contributed by atoms with Crippen molar-refractivity contribution in [3.8, 4) is 11.6 Å². The van der Waals surface area contributed by atoms with Crippen LogP contribution < -0.4 is 4.74 Å². The van der Waals surface area contributed by atoms with Gasteiger partial charge in [-0.05, 0) is 36.6 Å². The second-order valence-corrected chi connectivity index (χ2v) is 4.43. The van der Waals surface area contributed by atoms with Crippen LogP contribution in [0.2, 0.25) is 0 Å². The number of thioether (sulfide) groups is 1. The maximum atomic E-state index is 12.9. The normalized spacial score (nSPS) is 10.4. The Bertz CT molecular complexity index is 531. The molecule has 0 saturated carbocycles. The van der Waals surface area contributed by atoms with E-state index in [0.717, 1.165) is 11.1 Å². The Hall–Kier alpha value is -1.59. The van der Waals surface area contributed by atoms with Crippen LogP contribution in [0.25, 0.3) is 0 Å². The van der Waals surface area contributed by atoms with Crippen molar-refractivity contribution in [1.82, 2.24) is 4.98 Å². The van der Waals surface area contributed by atoms with Gasteiger partial charge in [-0.15, -0.1) is 11.8 Å². The summed E-state index contributed by atoms with van der Waals surface area (Å²) in [5, 5.41) is 9.11. The van der Waals surface area contributed by atoms with Crippen LogP contribution in [-0.4, -0.2) is 16.3 Å². The molecule has 0 aliphatic carbocycles. The predicted octanol–water partition coefficient (Wildman–Crippen LogP) is 3.23. The zero-order chi connectivity index (χ0) is 13.0. The van der Waals surface area contributed by atoms with E-state index < -0.39 is 5.82 Å². The summed E-state index contributed by atoms with van der Waals surface area (Å²) in [6, 6.07) is 8.65. The number of halogens is 1. The molecule has 0 saturated heterocycles. The van der Waals surface area contributed by atoms with Gasteiger partial charge in [-0.1, -0.05) is 0 Å². The summed E-state index contributed by atoms with van der Waals surface area (Å²) in [6.45, 7) is -0.316. The summed E-state index contributed by atoms with van der Waals surface area (Å²) in [5.74, 6) is 0.321. The monoisotopic (exact) mass is 265 g/mol. The molecule has 0 aliphatic heterocycles. The quantitative estimate of drug-likeness (QED) is 0.862.